The fraction of sp³-hybridized carbons (Fsp3) is 0.571. The molecule has 0 aliphatic carbocycles. The van der Waals surface area contributed by atoms with Gasteiger partial charge in [-0.1, -0.05) is 0 Å². The number of ether oxygens (including phenoxy) is 1. The summed E-state index contributed by atoms with van der Waals surface area (Å²) in [7, 11) is 1.81. The summed E-state index contributed by atoms with van der Waals surface area (Å²) in [6.07, 6.45) is 3.74. The standard InChI is InChI=1S/C14H23N3O2/c1-11(2)19-9-5-4-7-17-14(18)13-10-12(15-3)6-8-16-13/h6,8,10-11H,4-5,7,9H2,1-3H3,(H,15,16)(H,17,18). The van der Waals surface area contributed by atoms with Gasteiger partial charge in [0.05, 0.1) is 6.10 Å². The van der Waals surface area contributed by atoms with E-state index in [0.29, 0.717) is 12.2 Å². The monoisotopic (exact) mass is 265 g/mol. The van der Waals surface area contributed by atoms with Crippen molar-refractivity contribution in [3.8, 4) is 0 Å². The minimum atomic E-state index is -0.137. The van der Waals surface area contributed by atoms with E-state index in [2.05, 4.69) is 15.6 Å². The molecule has 1 aromatic rings. The molecule has 0 spiro atoms. The van der Waals surface area contributed by atoms with Crippen LogP contribution < -0.4 is 10.6 Å². The molecule has 2 N–H and O–H groups in total. The van der Waals surface area contributed by atoms with Crippen molar-refractivity contribution in [3.63, 3.8) is 0 Å². The van der Waals surface area contributed by atoms with Crippen LogP contribution in [0.3, 0.4) is 0 Å². The van der Waals surface area contributed by atoms with Gasteiger partial charge in [0.2, 0.25) is 0 Å². The summed E-state index contributed by atoms with van der Waals surface area (Å²) < 4.78 is 5.43. The average Bonchev–Trinajstić information content (AvgIpc) is 2.42. The molecule has 5 heteroatoms. The van der Waals surface area contributed by atoms with E-state index < -0.39 is 0 Å². The fourth-order valence-corrected chi connectivity index (χ4v) is 1.55. The maximum absolute atomic E-state index is 11.8. The molecular formula is C14H23N3O2. The Labute approximate surface area is 114 Å². The molecule has 1 rings (SSSR count). The molecule has 0 saturated carbocycles. The molecule has 106 valence electrons. The van der Waals surface area contributed by atoms with E-state index in [1.165, 1.54) is 0 Å². The third-order valence-electron chi connectivity index (χ3n) is 2.59. The van der Waals surface area contributed by atoms with Crippen LogP contribution in [0.5, 0.6) is 0 Å². The summed E-state index contributed by atoms with van der Waals surface area (Å²) in [6.45, 7) is 5.41. The number of amides is 1. The highest BCUT2D eigenvalue weighted by molar-refractivity contribution is 5.93. The van der Waals surface area contributed by atoms with Gasteiger partial charge >= 0.3 is 0 Å². The molecule has 1 heterocycles. The van der Waals surface area contributed by atoms with Gasteiger partial charge in [0.15, 0.2) is 0 Å². The van der Waals surface area contributed by atoms with Crippen molar-refractivity contribution in [3.05, 3.63) is 24.0 Å². The van der Waals surface area contributed by atoms with Crippen molar-refractivity contribution >= 4 is 11.6 Å². The molecule has 1 aromatic heterocycles. The Morgan fingerprint density at radius 2 is 2.21 bits per heavy atom. The van der Waals surface area contributed by atoms with Crippen LogP contribution in [0.1, 0.15) is 37.2 Å². The molecule has 0 fully saturated rings. The zero-order valence-corrected chi connectivity index (χ0v) is 11.9. The molecule has 0 radical (unpaired) electrons. The molecule has 0 aliphatic rings. The summed E-state index contributed by atoms with van der Waals surface area (Å²) in [5.41, 5.74) is 1.32. The van der Waals surface area contributed by atoms with Crippen LogP contribution in [-0.2, 0) is 4.74 Å². The Hall–Kier alpha value is -1.62. The number of rotatable bonds is 8. The van der Waals surface area contributed by atoms with Gasteiger partial charge in [0.25, 0.3) is 5.91 Å². The number of anilines is 1. The molecule has 5 nitrogen and oxygen atoms in total. The summed E-state index contributed by atoms with van der Waals surface area (Å²) in [6, 6.07) is 3.55. The van der Waals surface area contributed by atoms with Gasteiger partial charge in [-0.05, 0) is 38.8 Å². The van der Waals surface area contributed by atoms with Crippen LogP contribution in [0.15, 0.2) is 18.3 Å². The number of nitrogens with one attached hydrogen (secondary N) is 2. The van der Waals surface area contributed by atoms with Gasteiger partial charge in [-0.15, -0.1) is 0 Å². The first-order valence-electron chi connectivity index (χ1n) is 6.67. The number of aromatic nitrogens is 1. The zero-order valence-electron chi connectivity index (χ0n) is 11.9. The van der Waals surface area contributed by atoms with E-state index in [-0.39, 0.29) is 12.0 Å². The van der Waals surface area contributed by atoms with Gasteiger partial charge < -0.3 is 15.4 Å². The third kappa shape index (κ3) is 6.20. The topological polar surface area (TPSA) is 63.2 Å². The number of unbranched alkanes of at least 4 members (excludes halogenated alkanes) is 1. The minimum Gasteiger partial charge on any atom is -0.388 e. The summed E-state index contributed by atoms with van der Waals surface area (Å²) >= 11 is 0. The predicted molar refractivity (Wildman–Crippen MR) is 76.4 cm³/mol. The maximum Gasteiger partial charge on any atom is 0.269 e. The average molecular weight is 265 g/mol. The zero-order chi connectivity index (χ0) is 14.1. The minimum absolute atomic E-state index is 0.137. The van der Waals surface area contributed by atoms with Crippen molar-refractivity contribution in [2.75, 3.05) is 25.5 Å². The SMILES string of the molecule is CNc1ccnc(C(=O)NCCCCOC(C)C)c1. The largest absolute Gasteiger partial charge is 0.388 e. The Balaban J connectivity index is 2.23. The summed E-state index contributed by atoms with van der Waals surface area (Å²) in [4.78, 5) is 15.9. The number of carbonyl (C=O) groups is 1. The highest BCUT2D eigenvalue weighted by atomic mass is 16.5. The van der Waals surface area contributed by atoms with E-state index in [1.807, 2.05) is 27.0 Å². The molecule has 0 aliphatic heterocycles. The Kier molecular flexibility index (Phi) is 6.89. The first kappa shape index (κ1) is 15.4. The second kappa shape index (κ2) is 8.48. The number of hydrogen-bond donors (Lipinski definition) is 2. The van der Waals surface area contributed by atoms with Crippen LogP contribution >= 0.6 is 0 Å². The molecule has 0 bridgehead atoms. The smallest absolute Gasteiger partial charge is 0.269 e. The lowest BCUT2D eigenvalue weighted by Crippen LogP contribution is -2.25. The molecule has 0 unspecified atom stereocenters. The Morgan fingerprint density at radius 1 is 1.42 bits per heavy atom. The van der Waals surface area contributed by atoms with Crippen molar-refractivity contribution in [2.24, 2.45) is 0 Å². The molecule has 1 amide bonds. The van der Waals surface area contributed by atoms with E-state index in [1.54, 1.807) is 12.3 Å². The van der Waals surface area contributed by atoms with Crippen molar-refractivity contribution < 1.29 is 9.53 Å². The number of carbonyl (C=O) groups excluding carboxylic acids is 1. The van der Waals surface area contributed by atoms with E-state index in [0.717, 1.165) is 25.1 Å². The molecular weight excluding hydrogens is 242 g/mol. The normalized spacial score (nSPS) is 10.5. The number of nitrogens with zero attached hydrogens (tertiary/aromatic N) is 1. The summed E-state index contributed by atoms with van der Waals surface area (Å²) in [5, 5.41) is 5.83. The second-order valence-electron chi connectivity index (χ2n) is 4.56. The van der Waals surface area contributed by atoms with Gasteiger partial charge in [0, 0.05) is 32.1 Å². The van der Waals surface area contributed by atoms with E-state index in [9.17, 15) is 4.79 Å². The van der Waals surface area contributed by atoms with Crippen molar-refractivity contribution in [1.82, 2.24) is 10.3 Å². The first-order chi connectivity index (χ1) is 9.13. The van der Waals surface area contributed by atoms with Gasteiger partial charge in [-0.25, -0.2) is 0 Å². The number of pyridine rings is 1. The lowest BCUT2D eigenvalue weighted by atomic mass is 10.3. The second-order valence-corrected chi connectivity index (χ2v) is 4.56. The lowest BCUT2D eigenvalue weighted by molar-refractivity contribution is 0.0754. The predicted octanol–water partition coefficient (Wildman–Crippen LogP) is 2.06. The van der Waals surface area contributed by atoms with Crippen LogP contribution in [0.2, 0.25) is 0 Å². The maximum atomic E-state index is 11.8. The van der Waals surface area contributed by atoms with Gasteiger partial charge in [0.1, 0.15) is 5.69 Å². The third-order valence-corrected chi connectivity index (χ3v) is 2.59. The lowest BCUT2D eigenvalue weighted by Gasteiger charge is -2.08. The highest BCUT2D eigenvalue weighted by Gasteiger charge is 2.06. The van der Waals surface area contributed by atoms with E-state index in [4.69, 9.17) is 4.74 Å². The van der Waals surface area contributed by atoms with E-state index >= 15 is 0 Å². The quantitative estimate of drug-likeness (QED) is 0.706. The molecule has 19 heavy (non-hydrogen) atoms. The molecule has 0 saturated heterocycles. The first-order valence-corrected chi connectivity index (χ1v) is 6.67. The molecule has 0 aromatic carbocycles. The van der Waals surface area contributed by atoms with Crippen LogP contribution in [0.4, 0.5) is 5.69 Å². The highest BCUT2D eigenvalue weighted by Crippen LogP contribution is 2.06. The van der Waals surface area contributed by atoms with Crippen molar-refractivity contribution in [2.45, 2.75) is 32.8 Å². The number of hydrogen-bond acceptors (Lipinski definition) is 4. The van der Waals surface area contributed by atoms with Crippen LogP contribution in [0, 0.1) is 0 Å². The van der Waals surface area contributed by atoms with Gasteiger partial charge in [-0.2, -0.15) is 0 Å². The Bertz CT molecular complexity index is 394. The van der Waals surface area contributed by atoms with Gasteiger partial charge in [-0.3, -0.25) is 9.78 Å². The fourth-order valence-electron chi connectivity index (χ4n) is 1.55. The Morgan fingerprint density at radius 3 is 2.89 bits per heavy atom. The summed E-state index contributed by atoms with van der Waals surface area (Å²) in [5.74, 6) is -0.137. The van der Waals surface area contributed by atoms with Crippen LogP contribution in [-0.4, -0.2) is 37.2 Å². The molecule has 0 atom stereocenters. The van der Waals surface area contributed by atoms with Crippen LogP contribution in [0.25, 0.3) is 0 Å². The van der Waals surface area contributed by atoms with Crippen molar-refractivity contribution in [1.29, 1.82) is 0 Å².